The zero-order valence-corrected chi connectivity index (χ0v) is 12.7. The minimum Gasteiger partial charge on any atom is -0.339 e. The van der Waals surface area contributed by atoms with Crippen molar-refractivity contribution in [1.82, 2.24) is 14.7 Å². The molecule has 6 nitrogen and oxygen atoms in total. The first kappa shape index (κ1) is 16.5. The number of piperazine rings is 1. The lowest BCUT2D eigenvalue weighted by atomic mass is 10.2. The van der Waals surface area contributed by atoms with Gasteiger partial charge in [0, 0.05) is 52.1 Å². The molecule has 0 aromatic rings. The summed E-state index contributed by atoms with van der Waals surface area (Å²) in [7, 11) is 0. The molecular weight excluding hydrogens is 258 g/mol. The molecule has 0 aromatic heterocycles. The summed E-state index contributed by atoms with van der Waals surface area (Å²) in [6, 6.07) is 0.0471. The number of ketones is 1. The molecule has 0 N–H and O–H groups in total. The van der Waals surface area contributed by atoms with Gasteiger partial charge in [-0.2, -0.15) is 0 Å². The van der Waals surface area contributed by atoms with Gasteiger partial charge in [-0.25, -0.2) is 4.79 Å². The van der Waals surface area contributed by atoms with Crippen LogP contribution in [0.15, 0.2) is 0 Å². The van der Waals surface area contributed by atoms with E-state index in [0.29, 0.717) is 45.7 Å². The molecule has 1 aliphatic rings. The van der Waals surface area contributed by atoms with Gasteiger partial charge in [-0.3, -0.25) is 4.79 Å². The van der Waals surface area contributed by atoms with E-state index in [2.05, 4.69) is 0 Å². The van der Waals surface area contributed by atoms with E-state index in [4.69, 9.17) is 0 Å². The van der Waals surface area contributed by atoms with Crippen molar-refractivity contribution in [2.24, 2.45) is 0 Å². The molecule has 0 spiro atoms. The predicted molar refractivity (Wildman–Crippen MR) is 76.4 cm³/mol. The zero-order chi connectivity index (χ0) is 15.1. The summed E-state index contributed by atoms with van der Waals surface area (Å²) in [5.41, 5.74) is 0. The molecule has 0 radical (unpaired) electrons. The quantitative estimate of drug-likeness (QED) is 0.755. The molecular formula is C14H25N3O3. The Morgan fingerprint density at radius 1 is 0.900 bits per heavy atom. The van der Waals surface area contributed by atoms with E-state index in [9.17, 15) is 14.4 Å². The highest BCUT2D eigenvalue weighted by atomic mass is 16.2. The number of Topliss-reactive ketones (excluding diaryl/α,β-unsaturated/α-hetero) is 1. The van der Waals surface area contributed by atoms with Gasteiger partial charge in [0.05, 0.1) is 0 Å². The van der Waals surface area contributed by atoms with Crippen LogP contribution >= 0.6 is 0 Å². The first-order valence-corrected chi connectivity index (χ1v) is 7.30. The van der Waals surface area contributed by atoms with Crippen LogP contribution in [0.5, 0.6) is 0 Å². The van der Waals surface area contributed by atoms with Crippen molar-refractivity contribution in [3.63, 3.8) is 0 Å². The standard InChI is InChI=1S/C14H25N3O3/c1-4-15(5-2)14(20)17-10-8-16(9-11-17)13(19)7-6-12(3)18/h4-11H2,1-3H3. The van der Waals surface area contributed by atoms with E-state index in [1.54, 1.807) is 14.7 Å². The van der Waals surface area contributed by atoms with Gasteiger partial charge in [-0.05, 0) is 20.8 Å². The van der Waals surface area contributed by atoms with E-state index in [0.717, 1.165) is 0 Å². The van der Waals surface area contributed by atoms with Crippen LogP contribution in [0.2, 0.25) is 0 Å². The van der Waals surface area contributed by atoms with E-state index < -0.39 is 0 Å². The van der Waals surface area contributed by atoms with Gasteiger partial charge in [-0.1, -0.05) is 0 Å². The largest absolute Gasteiger partial charge is 0.339 e. The van der Waals surface area contributed by atoms with Crippen LogP contribution in [0.25, 0.3) is 0 Å². The van der Waals surface area contributed by atoms with Gasteiger partial charge in [0.15, 0.2) is 0 Å². The molecule has 114 valence electrons. The predicted octanol–water partition coefficient (Wildman–Crippen LogP) is 0.962. The summed E-state index contributed by atoms with van der Waals surface area (Å²) in [6.45, 7) is 9.08. The Labute approximate surface area is 120 Å². The van der Waals surface area contributed by atoms with Crippen molar-refractivity contribution in [3.05, 3.63) is 0 Å². The van der Waals surface area contributed by atoms with Crippen LogP contribution in [0, 0.1) is 0 Å². The van der Waals surface area contributed by atoms with Crippen LogP contribution in [-0.2, 0) is 9.59 Å². The normalized spacial score (nSPS) is 15.2. The number of carbonyl (C=O) groups excluding carboxylic acids is 3. The Morgan fingerprint density at radius 2 is 1.40 bits per heavy atom. The molecule has 0 aliphatic carbocycles. The van der Waals surface area contributed by atoms with Crippen LogP contribution in [0.4, 0.5) is 4.79 Å². The second kappa shape index (κ2) is 7.87. The minimum atomic E-state index is 0.00939. The van der Waals surface area contributed by atoms with Crippen molar-refractivity contribution in [1.29, 1.82) is 0 Å². The fraction of sp³-hybridized carbons (Fsp3) is 0.786. The smallest absolute Gasteiger partial charge is 0.320 e. The second-order valence-corrected chi connectivity index (χ2v) is 5.02. The van der Waals surface area contributed by atoms with E-state index in [1.165, 1.54) is 6.92 Å². The van der Waals surface area contributed by atoms with Crippen molar-refractivity contribution >= 4 is 17.7 Å². The van der Waals surface area contributed by atoms with Crippen LogP contribution in [0.3, 0.4) is 0 Å². The third kappa shape index (κ3) is 4.51. The van der Waals surface area contributed by atoms with Crippen molar-refractivity contribution in [3.8, 4) is 0 Å². The van der Waals surface area contributed by atoms with Crippen molar-refractivity contribution < 1.29 is 14.4 Å². The lowest BCUT2D eigenvalue weighted by Crippen LogP contribution is -2.54. The van der Waals surface area contributed by atoms with E-state index >= 15 is 0 Å². The summed E-state index contributed by atoms with van der Waals surface area (Å²) in [6.07, 6.45) is 0.580. The molecule has 1 heterocycles. The highest BCUT2D eigenvalue weighted by Crippen LogP contribution is 2.08. The van der Waals surface area contributed by atoms with Crippen LogP contribution in [0.1, 0.15) is 33.6 Å². The molecule has 0 bridgehead atoms. The number of carbonyl (C=O) groups is 3. The summed E-state index contributed by atoms with van der Waals surface area (Å²) in [4.78, 5) is 40.2. The van der Waals surface area contributed by atoms with Gasteiger partial charge < -0.3 is 19.5 Å². The van der Waals surface area contributed by atoms with Gasteiger partial charge in [0.25, 0.3) is 0 Å². The summed E-state index contributed by atoms with van der Waals surface area (Å²) < 4.78 is 0. The second-order valence-electron chi connectivity index (χ2n) is 5.02. The van der Waals surface area contributed by atoms with E-state index in [-0.39, 0.29) is 24.1 Å². The molecule has 3 amide bonds. The van der Waals surface area contributed by atoms with Crippen LogP contribution in [-0.4, -0.2) is 71.7 Å². The number of rotatable bonds is 5. The molecule has 0 unspecified atom stereocenters. The molecule has 1 aliphatic heterocycles. The average Bonchev–Trinajstić information content (AvgIpc) is 2.46. The molecule has 20 heavy (non-hydrogen) atoms. The Balaban J connectivity index is 2.41. The molecule has 6 heteroatoms. The summed E-state index contributed by atoms with van der Waals surface area (Å²) in [5, 5.41) is 0. The number of urea groups is 1. The maximum atomic E-state index is 12.2. The van der Waals surface area contributed by atoms with Gasteiger partial charge in [0.1, 0.15) is 5.78 Å². The van der Waals surface area contributed by atoms with Crippen LogP contribution < -0.4 is 0 Å². The fourth-order valence-corrected chi connectivity index (χ4v) is 2.28. The molecule has 0 atom stereocenters. The lowest BCUT2D eigenvalue weighted by Gasteiger charge is -2.37. The monoisotopic (exact) mass is 283 g/mol. The van der Waals surface area contributed by atoms with Gasteiger partial charge in [-0.15, -0.1) is 0 Å². The SMILES string of the molecule is CCN(CC)C(=O)N1CCN(C(=O)CCC(C)=O)CC1. The Bertz CT molecular complexity index is 359. The topological polar surface area (TPSA) is 60.9 Å². The maximum Gasteiger partial charge on any atom is 0.320 e. The van der Waals surface area contributed by atoms with Crippen molar-refractivity contribution in [2.45, 2.75) is 33.6 Å². The highest BCUT2D eigenvalue weighted by molar-refractivity contribution is 5.83. The Kier molecular flexibility index (Phi) is 6.48. The number of hydrogen-bond acceptors (Lipinski definition) is 3. The maximum absolute atomic E-state index is 12.2. The van der Waals surface area contributed by atoms with E-state index in [1.807, 2.05) is 13.8 Å². The summed E-state index contributed by atoms with van der Waals surface area (Å²) >= 11 is 0. The Morgan fingerprint density at radius 3 is 1.85 bits per heavy atom. The van der Waals surface area contributed by atoms with Gasteiger partial charge in [0.2, 0.25) is 5.91 Å². The summed E-state index contributed by atoms with van der Waals surface area (Å²) in [5.74, 6) is 0.0452. The number of hydrogen-bond donors (Lipinski definition) is 0. The third-order valence-electron chi connectivity index (χ3n) is 3.63. The molecule has 0 aromatic carbocycles. The van der Waals surface area contributed by atoms with Gasteiger partial charge >= 0.3 is 6.03 Å². The number of amides is 3. The molecule has 0 saturated carbocycles. The zero-order valence-electron chi connectivity index (χ0n) is 12.7. The Hall–Kier alpha value is -1.59. The molecule has 1 saturated heterocycles. The third-order valence-corrected chi connectivity index (χ3v) is 3.63. The number of nitrogens with zero attached hydrogens (tertiary/aromatic N) is 3. The highest BCUT2D eigenvalue weighted by Gasteiger charge is 2.25. The first-order valence-electron chi connectivity index (χ1n) is 7.30. The first-order chi connectivity index (χ1) is 9.49. The average molecular weight is 283 g/mol. The molecule has 1 rings (SSSR count). The fourth-order valence-electron chi connectivity index (χ4n) is 2.28. The molecule has 1 fully saturated rings. The minimum absolute atomic E-state index is 0.00939. The van der Waals surface area contributed by atoms with Crippen molar-refractivity contribution in [2.75, 3.05) is 39.3 Å². The lowest BCUT2D eigenvalue weighted by molar-refractivity contribution is -0.134.